The summed E-state index contributed by atoms with van der Waals surface area (Å²) in [5.74, 6) is 0. The van der Waals surface area contributed by atoms with Crippen molar-refractivity contribution in [2.75, 3.05) is 0 Å². The van der Waals surface area contributed by atoms with Gasteiger partial charge in [0.15, 0.2) is 9.84 Å². The van der Waals surface area contributed by atoms with Crippen LogP contribution in [0.5, 0.6) is 0 Å². The van der Waals surface area contributed by atoms with E-state index in [1.165, 1.54) is 0 Å². The van der Waals surface area contributed by atoms with Gasteiger partial charge in [-0.1, -0.05) is 17.7 Å². The lowest BCUT2D eigenvalue weighted by Gasteiger charge is -2.21. The molecule has 0 bridgehead atoms. The minimum absolute atomic E-state index is 0.180. The average molecular weight is 237 g/mol. The third kappa shape index (κ3) is 2.29. The molecule has 1 fully saturated rings. The van der Waals surface area contributed by atoms with E-state index in [1.807, 2.05) is 19.1 Å². The van der Waals surface area contributed by atoms with Crippen LogP contribution in [-0.2, 0) is 9.84 Å². The van der Waals surface area contributed by atoms with Gasteiger partial charge in [0, 0.05) is 0 Å². The smallest absolute Gasteiger partial charge is 0.181 e. The molecule has 0 spiro atoms. The fourth-order valence-electron chi connectivity index (χ4n) is 2.13. The zero-order valence-electron chi connectivity index (χ0n) is 9.52. The maximum absolute atomic E-state index is 12.3. The van der Waals surface area contributed by atoms with Gasteiger partial charge >= 0.3 is 0 Å². The molecule has 0 saturated heterocycles. The zero-order chi connectivity index (χ0) is 11.6. The molecule has 16 heavy (non-hydrogen) atoms. The van der Waals surface area contributed by atoms with Crippen LogP contribution in [0.1, 0.15) is 31.2 Å². The summed E-state index contributed by atoms with van der Waals surface area (Å²) in [7, 11) is -3.10. The Labute approximate surface area is 97.6 Å². The van der Waals surface area contributed by atoms with Gasteiger partial charge in [0.05, 0.1) is 10.1 Å². The van der Waals surface area contributed by atoms with Crippen LogP contribution < -0.4 is 0 Å². The second-order valence-corrected chi connectivity index (χ2v) is 6.65. The van der Waals surface area contributed by atoms with Crippen molar-refractivity contribution in [2.24, 2.45) is 0 Å². The molecule has 87 valence electrons. The Morgan fingerprint density at radius 3 is 2.19 bits per heavy atom. The molecule has 0 atom stereocenters. The van der Waals surface area contributed by atoms with Crippen LogP contribution in [0, 0.1) is 13.3 Å². The summed E-state index contributed by atoms with van der Waals surface area (Å²) in [5, 5.41) is -0.180. The molecule has 3 heteroatoms. The molecular formula is C13H17O2S. The summed E-state index contributed by atoms with van der Waals surface area (Å²) in [6.45, 7) is 1.96. The van der Waals surface area contributed by atoms with Crippen molar-refractivity contribution >= 4 is 9.84 Å². The number of hydrogen-bond donors (Lipinski definition) is 0. The van der Waals surface area contributed by atoms with Gasteiger partial charge in [0.25, 0.3) is 0 Å². The van der Waals surface area contributed by atoms with Crippen molar-refractivity contribution in [1.29, 1.82) is 0 Å². The lowest BCUT2D eigenvalue weighted by molar-refractivity contribution is 0.534. The lowest BCUT2D eigenvalue weighted by Crippen LogP contribution is -2.24. The number of aryl methyl sites for hydroxylation is 1. The van der Waals surface area contributed by atoms with Crippen molar-refractivity contribution in [2.45, 2.75) is 42.8 Å². The second-order valence-electron chi connectivity index (χ2n) is 4.42. The standard InChI is InChI=1S/C13H17O2S/c1-11-7-9-13(10-8-11)16(14,15)12-5-3-2-4-6-12/h2,7-10,12H,3-6H2,1H3. The highest BCUT2D eigenvalue weighted by atomic mass is 32.2. The molecule has 0 N–H and O–H groups in total. The van der Waals surface area contributed by atoms with Crippen LogP contribution in [0.4, 0.5) is 0 Å². The van der Waals surface area contributed by atoms with Gasteiger partial charge in [-0.2, -0.15) is 0 Å². The predicted molar refractivity (Wildman–Crippen MR) is 64.9 cm³/mol. The SMILES string of the molecule is Cc1ccc(S(=O)(=O)C2CC[CH]CC2)cc1. The van der Waals surface area contributed by atoms with E-state index in [2.05, 4.69) is 6.42 Å². The first-order chi connectivity index (χ1) is 7.60. The van der Waals surface area contributed by atoms with Crippen LogP contribution in [0.3, 0.4) is 0 Å². The number of benzene rings is 1. The molecule has 1 aliphatic carbocycles. The molecular weight excluding hydrogens is 220 g/mol. The average Bonchev–Trinajstić information content (AvgIpc) is 2.31. The van der Waals surface area contributed by atoms with E-state index in [0.29, 0.717) is 4.90 Å². The molecule has 1 saturated carbocycles. The molecule has 1 aliphatic rings. The fraction of sp³-hybridized carbons (Fsp3) is 0.462. The van der Waals surface area contributed by atoms with Crippen molar-refractivity contribution in [3.8, 4) is 0 Å². The normalized spacial score (nSPS) is 18.6. The van der Waals surface area contributed by atoms with Crippen LogP contribution in [0.15, 0.2) is 29.2 Å². The minimum Gasteiger partial charge on any atom is -0.223 e. The van der Waals surface area contributed by atoms with E-state index >= 15 is 0 Å². The third-order valence-electron chi connectivity index (χ3n) is 3.17. The molecule has 0 aliphatic heterocycles. The molecule has 0 amide bonds. The Hall–Kier alpha value is -0.830. The quantitative estimate of drug-likeness (QED) is 0.792. The first kappa shape index (κ1) is 11.6. The van der Waals surface area contributed by atoms with Crippen LogP contribution >= 0.6 is 0 Å². The predicted octanol–water partition coefficient (Wildman–Crippen LogP) is 2.92. The van der Waals surface area contributed by atoms with Gasteiger partial charge in [-0.05, 0) is 51.2 Å². The molecule has 2 rings (SSSR count). The lowest BCUT2D eigenvalue weighted by atomic mass is 10.0. The molecule has 0 heterocycles. The first-order valence-corrected chi connectivity index (χ1v) is 7.27. The van der Waals surface area contributed by atoms with E-state index in [0.717, 1.165) is 31.2 Å². The van der Waals surface area contributed by atoms with E-state index in [9.17, 15) is 8.42 Å². The zero-order valence-corrected chi connectivity index (χ0v) is 10.3. The highest BCUT2D eigenvalue weighted by Gasteiger charge is 2.28. The van der Waals surface area contributed by atoms with Crippen molar-refractivity contribution in [1.82, 2.24) is 0 Å². The van der Waals surface area contributed by atoms with Gasteiger partial charge < -0.3 is 0 Å². The Balaban J connectivity index is 2.27. The van der Waals surface area contributed by atoms with Gasteiger partial charge in [-0.3, -0.25) is 0 Å². The van der Waals surface area contributed by atoms with Gasteiger partial charge in [-0.15, -0.1) is 0 Å². The molecule has 1 aromatic carbocycles. The van der Waals surface area contributed by atoms with Crippen LogP contribution in [0.25, 0.3) is 0 Å². The number of sulfone groups is 1. The largest absolute Gasteiger partial charge is 0.223 e. The summed E-state index contributed by atoms with van der Waals surface area (Å²) in [6, 6.07) is 7.18. The summed E-state index contributed by atoms with van der Waals surface area (Å²) in [5.41, 5.74) is 1.09. The van der Waals surface area contributed by atoms with Gasteiger partial charge in [0.1, 0.15) is 0 Å². The van der Waals surface area contributed by atoms with Gasteiger partial charge in [-0.25, -0.2) is 8.42 Å². The maximum Gasteiger partial charge on any atom is 0.181 e. The molecule has 1 aromatic rings. The number of rotatable bonds is 2. The van der Waals surface area contributed by atoms with E-state index in [-0.39, 0.29) is 5.25 Å². The Kier molecular flexibility index (Phi) is 3.33. The van der Waals surface area contributed by atoms with E-state index in [4.69, 9.17) is 0 Å². The maximum atomic E-state index is 12.3. The Morgan fingerprint density at radius 1 is 1.06 bits per heavy atom. The Bertz CT molecular complexity index is 439. The summed E-state index contributed by atoms with van der Waals surface area (Å²) in [6.07, 6.45) is 5.58. The second kappa shape index (κ2) is 4.58. The topological polar surface area (TPSA) is 34.1 Å². The first-order valence-electron chi connectivity index (χ1n) is 5.73. The highest BCUT2D eigenvalue weighted by Crippen LogP contribution is 2.28. The van der Waals surface area contributed by atoms with Crippen molar-refractivity contribution in [3.63, 3.8) is 0 Å². The molecule has 2 nitrogen and oxygen atoms in total. The third-order valence-corrected chi connectivity index (χ3v) is 5.45. The Morgan fingerprint density at radius 2 is 1.62 bits per heavy atom. The van der Waals surface area contributed by atoms with Crippen molar-refractivity contribution < 1.29 is 8.42 Å². The summed E-state index contributed by atoms with van der Waals surface area (Å²) in [4.78, 5) is 0.477. The molecule has 0 aromatic heterocycles. The van der Waals surface area contributed by atoms with E-state index < -0.39 is 9.84 Å². The van der Waals surface area contributed by atoms with Crippen LogP contribution in [-0.4, -0.2) is 13.7 Å². The summed E-state index contributed by atoms with van der Waals surface area (Å²) >= 11 is 0. The van der Waals surface area contributed by atoms with Crippen molar-refractivity contribution in [3.05, 3.63) is 36.2 Å². The number of hydrogen-bond acceptors (Lipinski definition) is 2. The monoisotopic (exact) mass is 237 g/mol. The molecule has 0 unspecified atom stereocenters. The highest BCUT2D eigenvalue weighted by molar-refractivity contribution is 7.92. The fourth-order valence-corrected chi connectivity index (χ4v) is 3.92. The summed E-state index contributed by atoms with van der Waals surface area (Å²) < 4.78 is 24.6. The van der Waals surface area contributed by atoms with E-state index in [1.54, 1.807) is 12.1 Å². The minimum atomic E-state index is -3.10. The van der Waals surface area contributed by atoms with Gasteiger partial charge in [0.2, 0.25) is 0 Å². The van der Waals surface area contributed by atoms with Crippen LogP contribution in [0.2, 0.25) is 0 Å². The molecule has 1 radical (unpaired) electrons.